The van der Waals surface area contributed by atoms with E-state index in [1.165, 1.54) is 28.3 Å². The first kappa shape index (κ1) is 13.1. The van der Waals surface area contributed by atoms with Crippen molar-refractivity contribution in [3.8, 4) is 5.75 Å². The first-order valence-electron chi connectivity index (χ1n) is 6.38. The molecule has 96 valence electrons. The third-order valence-corrected chi connectivity index (χ3v) is 3.94. The molecule has 0 saturated carbocycles. The summed E-state index contributed by atoms with van der Waals surface area (Å²) in [5.74, 6) is 0.909. The van der Waals surface area contributed by atoms with Crippen molar-refractivity contribution in [3.05, 3.63) is 45.9 Å². The lowest BCUT2D eigenvalue weighted by Crippen LogP contribution is -1.86. The Morgan fingerprint density at radius 3 is 2.67 bits per heavy atom. The number of aromatic nitrogens is 1. The van der Waals surface area contributed by atoms with Crippen molar-refractivity contribution >= 4 is 11.3 Å². The first-order valence-corrected chi connectivity index (χ1v) is 7.20. The van der Waals surface area contributed by atoms with Gasteiger partial charge in [0.25, 0.3) is 0 Å². The second kappa shape index (κ2) is 6.55. The minimum Gasteiger partial charge on any atom is -0.497 e. The summed E-state index contributed by atoms with van der Waals surface area (Å²) < 4.78 is 5.16. The zero-order valence-electron chi connectivity index (χ0n) is 11.0. The number of aryl methyl sites for hydroxylation is 1. The Labute approximate surface area is 113 Å². The Bertz CT molecular complexity index is 475. The normalized spacial score (nSPS) is 10.6. The molecule has 0 N–H and O–H groups in total. The number of hydrogen-bond acceptors (Lipinski definition) is 3. The van der Waals surface area contributed by atoms with Crippen LogP contribution in [0.3, 0.4) is 0 Å². The van der Waals surface area contributed by atoms with Gasteiger partial charge in [0.1, 0.15) is 5.75 Å². The molecular weight excluding hydrogens is 242 g/mol. The van der Waals surface area contributed by atoms with Crippen LogP contribution in [0.1, 0.15) is 35.2 Å². The van der Waals surface area contributed by atoms with Crippen molar-refractivity contribution < 1.29 is 4.74 Å². The zero-order valence-corrected chi connectivity index (χ0v) is 11.8. The smallest absolute Gasteiger partial charge is 0.118 e. The number of hydrogen-bond donors (Lipinski definition) is 0. The third-order valence-electron chi connectivity index (χ3n) is 2.88. The summed E-state index contributed by atoms with van der Waals surface area (Å²) in [7, 11) is 1.69. The lowest BCUT2D eigenvalue weighted by molar-refractivity contribution is 0.414. The van der Waals surface area contributed by atoms with Crippen molar-refractivity contribution in [1.82, 2.24) is 4.98 Å². The molecule has 2 rings (SSSR count). The van der Waals surface area contributed by atoms with Crippen molar-refractivity contribution in [1.29, 1.82) is 0 Å². The van der Waals surface area contributed by atoms with Gasteiger partial charge >= 0.3 is 0 Å². The first-order chi connectivity index (χ1) is 8.81. The monoisotopic (exact) mass is 261 g/mol. The minimum absolute atomic E-state index is 0.909. The van der Waals surface area contributed by atoms with Gasteiger partial charge in [-0.2, -0.15) is 0 Å². The molecule has 0 atom stereocenters. The molecule has 0 spiro atoms. The number of unbranched alkanes of at least 4 members (excludes halogenated alkanes) is 1. The second-order valence-electron chi connectivity index (χ2n) is 4.35. The fraction of sp³-hybridized carbons (Fsp3) is 0.400. The Hall–Kier alpha value is -1.35. The summed E-state index contributed by atoms with van der Waals surface area (Å²) >= 11 is 1.84. The molecule has 0 amide bonds. The van der Waals surface area contributed by atoms with E-state index in [2.05, 4.69) is 24.0 Å². The Morgan fingerprint density at radius 2 is 2.00 bits per heavy atom. The lowest BCUT2D eigenvalue weighted by atomic mass is 10.1. The van der Waals surface area contributed by atoms with Gasteiger partial charge in [0.15, 0.2) is 0 Å². The number of benzene rings is 1. The van der Waals surface area contributed by atoms with Gasteiger partial charge in [0.2, 0.25) is 0 Å². The molecule has 2 aromatic rings. The molecule has 1 heterocycles. The fourth-order valence-corrected chi connectivity index (χ4v) is 2.82. The Morgan fingerprint density at radius 1 is 1.22 bits per heavy atom. The van der Waals surface area contributed by atoms with E-state index in [1.54, 1.807) is 7.11 Å². The zero-order chi connectivity index (χ0) is 12.8. The lowest BCUT2D eigenvalue weighted by Gasteiger charge is -2.01. The van der Waals surface area contributed by atoms with Crippen LogP contribution in [0.5, 0.6) is 5.75 Å². The molecule has 0 radical (unpaired) electrons. The molecule has 0 aliphatic rings. The molecule has 0 fully saturated rings. The maximum Gasteiger partial charge on any atom is 0.118 e. The van der Waals surface area contributed by atoms with Crippen molar-refractivity contribution in [3.63, 3.8) is 0 Å². The quantitative estimate of drug-likeness (QED) is 0.781. The summed E-state index contributed by atoms with van der Waals surface area (Å²) in [6.07, 6.45) is 6.56. The van der Waals surface area contributed by atoms with Crippen LogP contribution in [0, 0.1) is 0 Å². The van der Waals surface area contributed by atoms with Crippen LogP contribution in [0.25, 0.3) is 0 Å². The average molecular weight is 261 g/mol. The van der Waals surface area contributed by atoms with Crippen molar-refractivity contribution in [2.75, 3.05) is 7.11 Å². The van der Waals surface area contributed by atoms with Gasteiger partial charge < -0.3 is 4.74 Å². The highest BCUT2D eigenvalue weighted by atomic mass is 32.1. The average Bonchev–Trinajstić information content (AvgIpc) is 2.85. The van der Waals surface area contributed by atoms with Crippen LogP contribution in [-0.2, 0) is 12.8 Å². The highest BCUT2D eigenvalue weighted by Crippen LogP contribution is 2.20. The molecule has 18 heavy (non-hydrogen) atoms. The summed E-state index contributed by atoms with van der Waals surface area (Å²) in [6.45, 7) is 2.21. The van der Waals surface area contributed by atoms with E-state index >= 15 is 0 Å². The van der Waals surface area contributed by atoms with Gasteiger partial charge in [-0.05, 0) is 30.5 Å². The summed E-state index contributed by atoms with van der Waals surface area (Å²) in [5, 5.41) is 1.26. The van der Waals surface area contributed by atoms with Crippen molar-refractivity contribution in [2.45, 2.75) is 32.6 Å². The summed E-state index contributed by atoms with van der Waals surface area (Å²) in [5.41, 5.74) is 1.31. The minimum atomic E-state index is 0.909. The van der Waals surface area contributed by atoms with Crippen molar-refractivity contribution in [2.24, 2.45) is 0 Å². The predicted molar refractivity (Wildman–Crippen MR) is 76.5 cm³/mol. The Balaban J connectivity index is 1.97. The fourth-order valence-electron chi connectivity index (χ4n) is 1.82. The molecule has 2 nitrogen and oxygen atoms in total. The van der Waals surface area contributed by atoms with E-state index in [9.17, 15) is 0 Å². The topological polar surface area (TPSA) is 22.1 Å². The summed E-state index contributed by atoms with van der Waals surface area (Å²) in [4.78, 5) is 5.82. The number of thiazole rings is 1. The number of methoxy groups -OCH3 is 1. The molecule has 0 unspecified atom stereocenters. The highest BCUT2D eigenvalue weighted by molar-refractivity contribution is 7.11. The van der Waals surface area contributed by atoms with Gasteiger partial charge in [0.05, 0.1) is 12.1 Å². The second-order valence-corrected chi connectivity index (χ2v) is 5.55. The van der Waals surface area contributed by atoms with Gasteiger partial charge in [-0.3, -0.25) is 0 Å². The van der Waals surface area contributed by atoms with E-state index in [-0.39, 0.29) is 0 Å². The predicted octanol–water partition coefficient (Wildman–Crippen LogP) is 4.09. The van der Waals surface area contributed by atoms with E-state index < -0.39 is 0 Å². The van der Waals surface area contributed by atoms with Crippen LogP contribution in [0.15, 0.2) is 30.5 Å². The summed E-state index contributed by atoms with van der Waals surface area (Å²) in [6, 6.07) is 8.25. The SMILES string of the molecule is CCCCc1ncc(Cc2ccc(OC)cc2)s1. The van der Waals surface area contributed by atoms with E-state index in [0.29, 0.717) is 0 Å². The van der Waals surface area contributed by atoms with Crippen LogP contribution in [-0.4, -0.2) is 12.1 Å². The molecule has 3 heteroatoms. The van der Waals surface area contributed by atoms with Gasteiger partial charge in [-0.15, -0.1) is 11.3 Å². The maximum absolute atomic E-state index is 5.16. The molecular formula is C15H19NOS. The van der Waals surface area contributed by atoms with Crippen LogP contribution in [0.2, 0.25) is 0 Å². The molecule has 0 bridgehead atoms. The van der Waals surface area contributed by atoms with E-state index in [1.807, 2.05) is 29.7 Å². The van der Waals surface area contributed by atoms with E-state index in [0.717, 1.165) is 18.6 Å². The largest absolute Gasteiger partial charge is 0.497 e. The van der Waals surface area contributed by atoms with Gasteiger partial charge in [0, 0.05) is 17.5 Å². The van der Waals surface area contributed by atoms with E-state index in [4.69, 9.17) is 4.74 Å². The van der Waals surface area contributed by atoms with Crippen LogP contribution in [0.4, 0.5) is 0 Å². The van der Waals surface area contributed by atoms with Gasteiger partial charge in [-0.1, -0.05) is 25.5 Å². The molecule has 1 aromatic carbocycles. The standard InChI is InChI=1S/C15H19NOS/c1-3-4-5-15-16-11-14(18-15)10-12-6-8-13(17-2)9-7-12/h6-9,11H,3-5,10H2,1-2H3. The number of nitrogens with zero attached hydrogens (tertiary/aromatic N) is 1. The number of ether oxygens (including phenoxy) is 1. The molecule has 0 aliphatic heterocycles. The third kappa shape index (κ3) is 3.57. The van der Waals surface area contributed by atoms with Crippen LogP contribution >= 0.6 is 11.3 Å². The molecule has 1 aromatic heterocycles. The number of rotatable bonds is 6. The highest BCUT2D eigenvalue weighted by Gasteiger charge is 2.03. The van der Waals surface area contributed by atoms with Crippen LogP contribution < -0.4 is 4.74 Å². The molecule has 0 aliphatic carbocycles. The Kier molecular flexibility index (Phi) is 4.76. The molecule has 0 saturated heterocycles. The maximum atomic E-state index is 5.16. The van der Waals surface area contributed by atoms with Gasteiger partial charge in [-0.25, -0.2) is 4.98 Å².